The van der Waals surface area contributed by atoms with E-state index in [-0.39, 0.29) is 6.42 Å². The zero-order chi connectivity index (χ0) is 10.7. The summed E-state index contributed by atoms with van der Waals surface area (Å²) >= 11 is 19.7. The predicted octanol–water partition coefficient (Wildman–Crippen LogP) is 3.59. The summed E-state index contributed by atoms with van der Waals surface area (Å²) in [6.45, 7) is 4.80. The van der Waals surface area contributed by atoms with Crippen molar-refractivity contribution in [3.63, 3.8) is 0 Å². The highest BCUT2D eigenvalue weighted by atomic mass is 79.9. The first-order valence-corrected chi connectivity index (χ1v) is 5.19. The third-order valence-corrected chi connectivity index (χ3v) is 2.15. The van der Waals surface area contributed by atoms with E-state index < -0.39 is 14.1 Å². The van der Waals surface area contributed by atoms with Crippen molar-refractivity contribution in [2.24, 2.45) is 0 Å². The molecule has 2 nitrogen and oxygen atoms in total. The second-order valence-corrected chi connectivity index (χ2v) is 6.83. The predicted molar refractivity (Wildman–Crippen MR) is 58.5 cm³/mol. The number of rotatable bonds is 3. The minimum absolute atomic E-state index is 0.0113. The molecule has 0 aromatic heterocycles. The molecule has 0 aliphatic rings. The van der Waals surface area contributed by atoms with Crippen molar-refractivity contribution >= 4 is 56.7 Å². The largest absolute Gasteiger partial charge is 0.434 e. The average molecular weight is 310 g/mol. The lowest BCUT2D eigenvalue weighted by atomic mass is 10.1. The summed E-state index contributed by atoms with van der Waals surface area (Å²) in [5.41, 5.74) is 0. The molecule has 0 radical (unpaired) electrons. The molecular weight excluding hydrogens is 302 g/mol. The number of carbonyl (C=O) groups excluding carboxylic acids is 1. The molecule has 6 heteroatoms. The zero-order valence-electron chi connectivity index (χ0n) is 6.82. The van der Waals surface area contributed by atoms with Gasteiger partial charge in [-0.25, -0.2) is 0 Å². The van der Waals surface area contributed by atoms with Crippen molar-refractivity contribution in [1.82, 2.24) is 0 Å². The van der Waals surface area contributed by atoms with Crippen molar-refractivity contribution in [2.75, 3.05) is 0 Å². The fourth-order valence-corrected chi connectivity index (χ4v) is 2.45. The first kappa shape index (κ1) is 13.6. The molecule has 0 rings (SSSR count). The lowest BCUT2D eigenvalue weighted by molar-refractivity contribution is -0.140. The second kappa shape index (κ2) is 4.87. The lowest BCUT2D eigenvalue weighted by Crippen LogP contribution is -2.33. The molecule has 0 bridgehead atoms. The average Bonchev–Trinajstić information content (AvgIpc) is 1.82. The topological polar surface area (TPSA) is 26.3 Å². The van der Waals surface area contributed by atoms with Gasteiger partial charge in [0.1, 0.15) is 4.32 Å². The van der Waals surface area contributed by atoms with Crippen molar-refractivity contribution in [1.29, 1.82) is 0 Å². The van der Waals surface area contributed by atoms with Crippen LogP contribution in [0.3, 0.4) is 0 Å². The van der Waals surface area contributed by atoms with Gasteiger partial charge in [0.25, 0.3) is 0 Å². The molecule has 0 heterocycles. The monoisotopic (exact) mass is 308 g/mol. The maximum absolute atomic E-state index is 11.2. The Bertz CT molecular complexity index is 210. The Hall–Kier alpha value is 0.560. The number of alkyl halides is 4. The van der Waals surface area contributed by atoms with Gasteiger partial charge >= 0.3 is 5.97 Å². The van der Waals surface area contributed by atoms with E-state index in [0.717, 1.165) is 6.26 Å². The summed E-state index contributed by atoms with van der Waals surface area (Å²) in [5, 5.41) is 0. The van der Waals surface area contributed by atoms with Gasteiger partial charge in [0.15, 0.2) is 3.79 Å². The van der Waals surface area contributed by atoms with Crippen LogP contribution in [0.15, 0.2) is 12.8 Å². The first-order chi connectivity index (χ1) is 5.69. The molecule has 0 aromatic rings. The molecule has 0 saturated carbocycles. The Kier molecular flexibility index (Phi) is 5.08. The van der Waals surface area contributed by atoms with Crippen LogP contribution >= 0.6 is 50.7 Å². The van der Waals surface area contributed by atoms with Gasteiger partial charge in [-0.2, -0.15) is 0 Å². The summed E-state index contributed by atoms with van der Waals surface area (Å²) in [6.07, 6.45) is 1.04. The maximum Gasteiger partial charge on any atom is 0.327 e. The minimum atomic E-state index is -1.50. The Morgan fingerprint density at radius 2 is 2.08 bits per heavy atom. The minimum Gasteiger partial charge on any atom is -0.434 e. The number of esters is 1. The molecule has 0 fully saturated rings. The lowest BCUT2D eigenvalue weighted by Gasteiger charge is -2.23. The van der Waals surface area contributed by atoms with E-state index in [1.54, 1.807) is 6.92 Å². The van der Waals surface area contributed by atoms with Gasteiger partial charge in [0.05, 0.1) is 6.26 Å². The summed E-state index contributed by atoms with van der Waals surface area (Å²) in [5.74, 6) is -0.547. The Morgan fingerprint density at radius 3 is 2.38 bits per heavy atom. The highest BCUT2D eigenvalue weighted by Crippen LogP contribution is 2.39. The van der Waals surface area contributed by atoms with Crippen LogP contribution in [0, 0.1) is 0 Å². The summed E-state index contributed by atoms with van der Waals surface area (Å²) in [6, 6.07) is 0. The number of hydrogen-bond donors (Lipinski definition) is 0. The molecular formula is C7H8BrCl3O2. The van der Waals surface area contributed by atoms with Crippen LogP contribution in [0.1, 0.15) is 13.3 Å². The van der Waals surface area contributed by atoms with Crippen molar-refractivity contribution in [2.45, 2.75) is 21.5 Å². The normalized spacial score (nSPS) is 16.1. The van der Waals surface area contributed by atoms with Crippen LogP contribution in [-0.4, -0.2) is 14.1 Å². The van der Waals surface area contributed by atoms with Crippen LogP contribution in [0.5, 0.6) is 0 Å². The van der Waals surface area contributed by atoms with Gasteiger partial charge in [0, 0.05) is 6.42 Å². The SMILES string of the molecule is C=COC(=O)C(C)(Br)CC(Cl)(Cl)Cl. The Balaban J connectivity index is 4.38. The molecule has 0 aliphatic heterocycles. The van der Waals surface area contributed by atoms with Crippen molar-refractivity contribution in [3.8, 4) is 0 Å². The molecule has 0 aromatic carbocycles. The van der Waals surface area contributed by atoms with Crippen molar-refractivity contribution < 1.29 is 9.53 Å². The number of carbonyl (C=O) groups is 1. The highest BCUT2D eigenvalue weighted by Gasteiger charge is 2.39. The van der Waals surface area contributed by atoms with Crippen LogP contribution in [0.2, 0.25) is 0 Å². The van der Waals surface area contributed by atoms with Gasteiger partial charge in [-0.15, -0.1) is 0 Å². The second-order valence-electron chi connectivity index (χ2n) is 2.56. The summed E-state index contributed by atoms with van der Waals surface area (Å²) in [4.78, 5) is 11.2. The number of halogens is 4. The molecule has 1 unspecified atom stereocenters. The Morgan fingerprint density at radius 1 is 1.62 bits per heavy atom. The van der Waals surface area contributed by atoms with Crippen molar-refractivity contribution in [3.05, 3.63) is 12.8 Å². The fourth-order valence-electron chi connectivity index (χ4n) is 0.647. The van der Waals surface area contributed by atoms with E-state index in [1.165, 1.54) is 0 Å². The van der Waals surface area contributed by atoms with Crippen LogP contribution in [0.4, 0.5) is 0 Å². The van der Waals surface area contributed by atoms with Gasteiger partial charge < -0.3 is 4.74 Å². The number of hydrogen-bond acceptors (Lipinski definition) is 2. The standard InChI is InChI=1S/C7H8BrCl3O2/c1-3-13-5(12)6(2,8)4-7(9,10)11/h3H,1,4H2,2H3. The van der Waals surface area contributed by atoms with E-state index in [1.807, 2.05) is 0 Å². The maximum atomic E-state index is 11.2. The summed E-state index contributed by atoms with van der Waals surface area (Å²) < 4.78 is 2.03. The fraction of sp³-hybridized carbons (Fsp3) is 0.571. The molecule has 0 amide bonds. The van der Waals surface area contributed by atoms with Gasteiger partial charge in [0.2, 0.25) is 0 Å². The molecule has 0 aliphatic carbocycles. The molecule has 0 N–H and O–H groups in total. The first-order valence-electron chi connectivity index (χ1n) is 3.27. The Labute approximate surface area is 100 Å². The highest BCUT2D eigenvalue weighted by molar-refractivity contribution is 9.10. The van der Waals surface area contributed by atoms with Crippen LogP contribution in [-0.2, 0) is 9.53 Å². The van der Waals surface area contributed by atoms with E-state index in [4.69, 9.17) is 34.8 Å². The molecule has 1 atom stereocenters. The molecule has 13 heavy (non-hydrogen) atoms. The van der Waals surface area contributed by atoms with Gasteiger partial charge in [-0.1, -0.05) is 57.3 Å². The zero-order valence-corrected chi connectivity index (χ0v) is 10.7. The molecule has 0 spiro atoms. The van der Waals surface area contributed by atoms with E-state index in [9.17, 15) is 4.79 Å². The van der Waals surface area contributed by atoms with Gasteiger partial charge in [-0.3, -0.25) is 4.79 Å². The smallest absolute Gasteiger partial charge is 0.327 e. The third-order valence-electron chi connectivity index (χ3n) is 1.15. The third kappa shape index (κ3) is 5.78. The van der Waals surface area contributed by atoms with Crippen LogP contribution < -0.4 is 0 Å². The number of ether oxygens (including phenoxy) is 1. The van der Waals surface area contributed by atoms with Gasteiger partial charge in [-0.05, 0) is 6.92 Å². The molecule has 0 saturated heterocycles. The van der Waals surface area contributed by atoms with E-state index in [0.29, 0.717) is 0 Å². The molecule has 76 valence electrons. The summed E-state index contributed by atoms with van der Waals surface area (Å²) in [7, 11) is 0. The van der Waals surface area contributed by atoms with E-state index >= 15 is 0 Å². The quantitative estimate of drug-likeness (QED) is 0.452. The van der Waals surface area contributed by atoms with E-state index in [2.05, 4.69) is 27.2 Å². The van der Waals surface area contributed by atoms with Crippen LogP contribution in [0.25, 0.3) is 0 Å².